The molecule has 0 unspecified atom stereocenters. The molecule has 18 rings (SSSR count). The second-order valence-electron chi connectivity index (χ2n) is 24.9. The molecular formula is C82H58B2N2. The van der Waals surface area contributed by atoms with Crippen molar-refractivity contribution < 1.29 is 0 Å². The summed E-state index contributed by atoms with van der Waals surface area (Å²) in [4.78, 5) is 5.15. The summed E-state index contributed by atoms with van der Waals surface area (Å²) in [5.74, 6) is 0. The maximum Gasteiger partial charge on any atom is 0.248 e. The second kappa shape index (κ2) is 18.2. The highest BCUT2D eigenvalue weighted by Crippen LogP contribution is 2.54. The lowest BCUT2D eigenvalue weighted by Crippen LogP contribution is -2.60. The minimum Gasteiger partial charge on any atom is -0.311 e. The lowest BCUT2D eigenvalue weighted by atomic mass is 9.31. The molecule has 4 heterocycles. The van der Waals surface area contributed by atoms with Crippen molar-refractivity contribution in [1.82, 2.24) is 0 Å². The molecule has 0 saturated carbocycles. The monoisotopic (exact) mass is 1090 g/mol. The zero-order chi connectivity index (χ0) is 57.4. The van der Waals surface area contributed by atoms with Crippen LogP contribution < -0.4 is 42.6 Å². The van der Waals surface area contributed by atoms with E-state index in [0.29, 0.717) is 0 Å². The summed E-state index contributed by atoms with van der Waals surface area (Å²) < 4.78 is 0. The van der Waals surface area contributed by atoms with E-state index < -0.39 is 0 Å². The number of para-hydroxylation sites is 4. The first-order chi connectivity index (χ1) is 42.2. The molecule has 2 nitrogen and oxygen atoms in total. The van der Waals surface area contributed by atoms with E-state index in [1.807, 2.05) is 0 Å². The molecule has 14 aromatic rings. The van der Waals surface area contributed by atoms with Crippen molar-refractivity contribution in [3.8, 4) is 66.8 Å². The average molecular weight is 1090 g/mol. The quantitative estimate of drug-likeness (QED) is 0.121. The first-order valence-electron chi connectivity index (χ1n) is 30.6. The standard InChI is InChI=1S/C82H58B2N2/c1-47-39-49(3)75(50(4)40-47)61-43-59-57-29-21-37-73-81(57)84(66-32-16-20-36-72(66)85(73)69-33-17-13-27-55(69)53-23-9-7-10-24-53)68-46-64-62(76-51(5)41-48(2)42-52(76)6)44-60-58-30-22-38-74-82(58)83(67-45-63(61)79(77(59)68)80(64)78(60)67)65-31-15-19-35-71(65)86(74)70-34-18-14-28-56(70)54-25-11-8-12-26-54/h7-46H,1-6H3. The number of anilines is 6. The lowest BCUT2D eigenvalue weighted by molar-refractivity contribution is 1.29. The summed E-state index contributed by atoms with van der Waals surface area (Å²) in [6.07, 6.45) is 0. The van der Waals surface area contributed by atoms with Crippen LogP contribution in [0.25, 0.3) is 99.1 Å². The van der Waals surface area contributed by atoms with Gasteiger partial charge in [0.2, 0.25) is 13.4 Å². The van der Waals surface area contributed by atoms with Crippen LogP contribution in [0.3, 0.4) is 0 Å². The van der Waals surface area contributed by atoms with E-state index in [1.165, 1.54) is 199 Å². The van der Waals surface area contributed by atoms with Gasteiger partial charge in [0.1, 0.15) is 0 Å². The van der Waals surface area contributed by atoms with Gasteiger partial charge in [0, 0.05) is 33.9 Å². The van der Waals surface area contributed by atoms with Crippen LogP contribution in [0.2, 0.25) is 0 Å². The topological polar surface area (TPSA) is 6.48 Å². The van der Waals surface area contributed by atoms with Gasteiger partial charge in [-0.3, -0.25) is 0 Å². The summed E-state index contributed by atoms with van der Waals surface area (Å²) >= 11 is 0. The van der Waals surface area contributed by atoms with Gasteiger partial charge in [-0.25, -0.2) is 0 Å². The van der Waals surface area contributed by atoms with Crippen molar-refractivity contribution in [3.05, 3.63) is 276 Å². The van der Waals surface area contributed by atoms with Crippen LogP contribution in [0, 0.1) is 41.5 Å². The maximum absolute atomic E-state index is 2.70. The Morgan fingerprint density at radius 2 is 0.581 bits per heavy atom. The third-order valence-corrected chi connectivity index (χ3v) is 19.9. The van der Waals surface area contributed by atoms with E-state index in [-0.39, 0.29) is 13.4 Å². The molecule has 0 N–H and O–H groups in total. The van der Waals surface area contributed by atoms with Crippen LogP contribution in [0.15, 0.2) is 243 Å². The number of rotatable bonds is 6. The number of hydrogen-bond donors (Lipinski definition) is 0. The minimum absolute atomic E-state index is 0.0382. The van der Waals surface area contributed by atoms with Crippen LogP contribution in [-0.4, -0.2) is 13.4 Å². The first-order valence-corrected chi connectivity index (χ1v) is 30.6. The number of aryl methyl sites for hydroxylation is 6. The molecule has 0 spiro atoms. The average Bonchev–Trinajstić information content (AvgIpc) is 0.684. The molecule has 402 valence electrons. The smallest absolute Gasteiger partial charge is 0.248 e. The van der Waals surface area contributed by atoms with Gasteiger partial charge >= 0.3 is 0 Å². The fourth-order valence-electron chi connectivity index (χ4n) is 17.0. The van der Waals surface area contributed by atoms with Crippen molar-refractivity contribution in [1.29, 1.82) is 0 Å². The summed E-state index contributed by atoms with van der Waals surface area (Å²) in [6, 6.07) is 93.1. The Labute approximate surface area is 503 Å². The highest BCUT2D eigenvalue weighted by Gasteiger charge is 2.46. The Morgan fingerprint density at radius 1 is 0.244 bits per heavy atom. The Hall–Kier alpha value is -10.2. The molecule has 4 aliphatic heterocycles. The fraction of sp³-hybridized carbons (Fsp3) is 0.0732. The molecule has 0 aromatic heterocycles. The van der Waals surface area contributed by atoms with Crippen LogP contribution in [0.1, 0.15) is 33.4 Å². The summed E-state index contributed by atoms with van der Waals surface area (Å²) in [5, 5.41) is 8.15. The third-order valence-electron chi connectivity index (χ3n) is 19.9. The van der Waals surface area contributed by atoms with E-state index in [9.17, 15) is 0 Å². The molecule has 0 radical (unpaired) electrons. The van der Waals surface area contributed by atoms with Gasteiger partial charge in [0.15, 0.2) is 0 Å². The molecular weight excluding hydrogens is 1030 g/mol. The van der Waals surface area contributed by atoms with Gasteiger partial charge in [-0.2, -0.15) is 0 Å². The first kappa shape index (κ1) is 49.3. The molecule has 4 heteroatoms. The van der Waals surface area contributed by atoms with Gasteiger partial charge < -0.3 is 9.80 Å². The molecule has 0 aliphatic carbocycles. The van der Waals surface area contributed by atoms with E-state index in [4.69, 9.17) is 0 Å². The van der Waals surface area contributed by atoms with E-state index in [1.54, 1.807) is 0 Å². The van der Waals surface area contributed by atoms with Gasteiger partial charge in [0.25, 0.3) is 0 Å². The SMILES string of the molecule is Cc1cc(C)c(-c2cc3c4c(cc5c(-c6c(C)cc(C)cc6C)cc6c7c(cc2c4c57)B2c4ccccc4N(c4ccccc4-c4ccccc4)c4cccc-6c42)B2c4ccccc4N(c4ccccc4-c4ccccc4)c4cccc-3c42)c(C)c1. The molecule has 14 aromatic carbocycles. The molecule has 0 amide bonds. The zero-order valence-electron chi connectivity index (χ0n) is 49.1. The fourth-order valence-corrected chi connectivity index (χ4v) is 17.0. The van der Waals surface area contributed by atoms with E-state index in [0.717, 1.165) is 0 Å². The van der Waals surface area contributed by atoms with Crippen LogP contribution in [0.4, 0.5) is 34.1 Å². The van der Waals surface area contributed by atoms with Crippen molar-refractivity contribution in [2.75, 3.05) is 9.80 Å². The van der Waals surface area contributed by atoms with Crippen molar-refractivity contribution in [3.63, 3.8) is 0 Å². The minimum atomic E-state index is -0.0382. The predicted octanol–water partition coefficient (Wildman–Crippen LogP) is 17.7. The third kappa shape index (κ3) is 6.70. The second-order valence-corrected chi connectivity index (χ2v) is 24.9. The van der Waals surface area contributed by atoms with Crippen molar-refractivity contribution in [2.45, 2.75) is 41.5 Å². The van der Waals surface area contributed by atoms with Gasteiger partial charge in [0.05, 0.1) is 11.4 Å². The number of benzene rings is 14. The highest BCUT2D eigenvalue weighted by atomic mass is 15.2. The Bertz CT molecular complexity index is 4900. The van der Waals surface area contributed by atoms with Crippen molar-refractivity contribution in [2.24, 2.45) is 0 Å². The molecule has 86 heavy (non-hydrogen) atoms. The number of fused-ring (bicyclic) bond motifs is 8. The molecule has 0 saturated heterocycles. The van der Waals surface area contributed by atoms with E-state index >= 15 is 0 Å². The normalized spacial score (nSPS) is 13.1. The Kier molecular flexibility index (Phi) is 10.4. The van der Waals surface area contributed by atoms with Gasteiger partial charge in [-0.15, -0.1) is 0 Å². The van der Waals surface area contributed by atoms with E-state index in [2.05, 4.69) is 294 Å². The molecule has 0 bridgehead atoms. The summed E-state index contributed by atoms with van der Waals surface area (Å²) in [6.45, 7) is 13.8. The maximum atomic E-state index is 2.70. The largest absolute Gasteiger partial charge is 0.311 e. The van der Waals surface area contributed by atoms with Crippen LogP contribution in [-0.2, 0) is 0 Å². The molecule has 0 fully saturated rings. The summed E-state index contributed by atoms with van der Waals surface area (Å²) in [5.41, 5.74) is 38.5. The van der Waals surface area contributed by atoms with Crippen molar-refractivity contribution >= 4 is 113 Å². The van der Waals surface area contributed by atoms with Crippen LogP contribution in [0.5, 0.6) is 0 Å². The Morgan fingerprint density at radius 3 is 0.988 bits per heavy atom. The Balaban J connectivity index is 1.02. The molecule has 0 atom stereocenters. The number of hydrogen-bond acceptors (Lipinski definition) is 2. The summed E-state index contributed by atoms with van der Waals surface area (Å²) in [7, 11) is 0. The number of nitrogens with zero attached hydrogens (tertiary/aromatic N) is 2. The van der Waals surface area contributed by atoms with Crippen LogP contribution >= 0.6 is 0 Å². The predicted molar refractivity (Wildman–Crippen MR) is 370 cm³/mol. The molecule has 4 aliphatic rings. The highest BCUT2D eigenvalue weighted by molar-refractivity contribution is 7.02. The zero-order valence-corrected chi connectivity index (χ0v) is 49.1. The van der Waals surface area contributed by atoms with Gasteiger partial charge in [-0.1, -0.05) is 216 Å². The van der Waals surface area contributed by atoms with Gasteiger partial charge in [-0.05, 0) is 222 Å². The lowest BCUT2D eigenvalue weighted by Gasteiger charge is -2.42.